The molecule has 2 heterocycles. The average Bonchev–Trinajstić information content (AvgIpc) is 2.60. The van der Waals surface area contributed by atoms with Crippen molar-refractivity contribution >= 4 is 5.95 Å². The lowest BCUT2D eigenvalue weighted by Gasteiger charge is -2.44. The summed E-state index contributed by atoms with van der Waals surface area (Å²) < 4.78 is 0. The Morgan fingerprint density at radius 3 is 2.35 bits per heavy atom. The number of likely N-dealkylation sites (N-methyl/N-ethyl adjacent to an activating group) is 1. The number of rotatable bonds is 10. The van der Waals surface area contributed by atoms with Gasteiger partial charge in [-0.3, -0.25) is 0 Å². The van der Waals surface area contributed by atoms with Crippen molar-refractivity contribution in [1.29, 1.82) is 0 Å². The summed E-state index contributed by atoms with van der Waals surface area (Å²) in [5, 5.41) is 0. The SMILES string of the molecule is CCC1CN(C)CC(C)N1c1ncc(CCCCCCCC(C)C)cn1. The van der Waals surface area contributed by atoms with Crippen LogP contribution in [0.4, 0.5) is 5.95 Å². The molecular weight excluding hydrogens is 320 g/mol. The molecule has 0 spiro atoms. The molecule has 1 aromatic heterocycles. The fourth-order valence-corrected chi connectivity index (χ4v) is 4.13. The van der Waals surface area contributed by atoms with E-state index in [-0.39, 0.29) is 0 Å². The molecule has 0 aromatic carbocycles. The van der Waals surface area contributed by atoms with E-state index < -0.39 is 0 Å². The van der Waals surface area contributed by atoms with Gasteiger partial charge >= 0.3 is 0 Å². The lowest BCUT2D eigenvalue weighted by atomic mass is 10.0. The van der Waals surface area contributed by atoms with Crippen molar-refractivity contribution in [2.45, 2.75) is 91.1 Å². The highest BCUT2D eigenvalue weighted by atomic mass is 15.4. The molecular formula is C22H40N4. The van der Waals surface area contributed by atoms with E-state index in [1.807, 2.05) is 0 Å². The summed E-state index contributed by atoms with van der Waals surface area (Å²) in [6, 6.07) is 0.982. The van der Waals surface area contributed by atoms with Gasteiger partial charge in [0.05, 0.1) is 0 Å². The first kappa shape index (κ1) is 21.1. The second-order valence-corrected chi connectivity index (χ2v) is 8.63. The summed E-state index contributed by atoms with van der Waals surface area (Å²) in [5.74, 6) is 1.76. The zero-order chi connectivity index (χ0) is 18.9. The Bertz CT molecular complexity index is 499. The average molecular weight is 361 g/mol. The molecule has 0 radical (unpaired) electrons. The van der Waals surface area contributed by atoms with Crippen molar-refractivity contribution in [2.75, 3.05) is 25.0 Å². The lowest BCUT2D eigenvalue weighted by molar-refractivity contribution is 0.227. The van der Waals surface area contributed by atoms with Crippen LogP contribution in [0.2, 0.25) is 0 Å². The maximum absolute atomic E-state index is 4.72. The number of anilines is 1. The Balaban J connectivity index is 1.77. The van der Waals surface area contributed by atoms with Crippen LogP contribution < -0.4 is 4.90 Å². The molecule has 1 fully saturated rings. The van der Waals surface area contributed by atoms with Gasteiger partial charge in [0, 0.05) is 37.6 Å². The van der Waals surface area contributed by atoms with Crippen molar-refractivity contribution in [3.8, 4) is 0 Å². The van der Waals surface area contributed by atoms with E-state index in [1.165, 1.54) is 44.1 Å². The fourth-order valence-electron chi connectivity index (χ4n) is 4.13. The predicted octanol–water partition coefficient (Wildman–Crippen LogP) is 4.93. The van der Waals surface area contributed by atoms with E-state index in [9.17, 15) is 0 Å². The topological polar surface area (TPSA) is 32.3 Å². The summed E-state index contributed by atoms with van der Waals surface area (Å²) in [6.45, 7) is 11.4. The summed E-state index contributed by atoms with van der Waals surface area (Å²) >= 11 is 0. The van der Waals surface area contributed by atoms with Gasteiger partial charge in [-0.05, 0) is 44.7 Å². The minimum absolute atomic E-state index is 0.468. The number of piperazine rings is 1. The van der Waals surface area contributed by atoms with E-state index in [1.54, 1.807) is 0 Å². The summed E-state index contributed by atoms with van der Waals surface area (Å²) in [4.78, 5) is 14.3. The van der Waals surface area contributed by atoms with Gasteiger partial charge in [0.25, 0.3) is 0 Å². The van der Waals surface area contributed by atoms with Crippen LogP contribution in [0.3, 0.4) is 0 Å². The zero-order valence-electron chi connectivity index (χ0n) is 17.7. The van der Waals surface area contributed by atoms with Crippen molar-refractivity contribution in [1.82, 2.24) is 14.9 Å². The van der Waals surface area contributed by atoms with Crippen LogP contribution >= 0.6 is 0 Å². The monoisotopic (exact) mass is 360 g/mol. The van der Waals surface area contributed by atoms with Gasteiger partial charge in [0.2, 0.25) is 5.95 Å². The Labute approximate surface area is 161 Å². The molecule has 26 heavy (non-hydrogen) atoms. The molecule has 1 aliphatic heterocycles. The Morgan fingerprint density at radius 2 is 1.69 bits per heavy atom. The van der Waals surface area contributed by atoms with Gasteiger partial charge in [0.15, 0.2) is 0 Å². The molecule has 0 N–H and O–H groups in total. The number of hydrogen-bond donors (Lipinski definition) is 0. The molecule has 2 atom stereocenters. The third-order valence-corrected chi connectivity index (χ3v) is 5.61. The van der Waals surface area contributed by atoms with E-state index >= 15 is 0 Å². The highest BCUT2D eigenvalue weighted by Crippen LogP contribution is 2.22. The number of aromatic nitrogens is 2. The Morgan fingerprint density at radius 1 is 1.04 bits per heavy atom. The van der Waals surface area contributed by atoms with E-state index in [2.05, 4.69) is 56.9 Å². The molecule has 1 saturated heterocycles. The van der Waals surface area contributed by atoms with Crippen LogP contribution in [0.25, 0.3) is 0 Å². The Kier molecular flexibility index (Phi) is 8.83. The molecule has 2 rings (SSSR count). The van der Waals surface area contributed by atoms with Crippen LogP contribution in [0.1, 0.15) is 78.2 Å². The number of nitrogens with zero attached hydrogens (tertiary/aromatic N) is 4. The molecule has 1 aromatic rings. The smallest absolute Gasteiger partial charge is 0.225 e. The van der Waals surface area contributed by atoms with Crippen LogP contribution in [-0.2, 0) is 6.42 Å². The van der Waals surface area contributed by atoms with Crippen molar-refractivity contribution in [3.05, 3.63) is 18.0 Å². The highest BCUT2D eigenvalue weighted by molar-refractivity contribution is 5.35. The van der Waals surface area contributed by atoms with Gasteiger partial charge in [0.1, 0.15) is 0 Å². The van der Waals surface area contributed by atoms with Crippen LogP contribution in [0.15, 0.2) is 12.4 Å². The number of unbranched alkanes of at least 4 members (excludes halogenated alkanes) is 4. The molecule has 2 unspecified atom stereocenters. The first-order chi connectivity index (χ1) is 12.5. The molecule has 4 heteroatoms. The third kappa shape index (κ3) is 6.53. The van der Waals surface area contributed by atoms with Gasteiger partial charge in [-0.2, -0.15) is 0 Å². The molecule has 0 bridgehead atoms. The second kappa shape index (κ2) is 10.9. The maximum Gasteiger partial charge on any atom is 0.225 e. The van der Waals surface area contributed by atoms with Gasteiger partial charge in [-0.1, -0.05) is 52.9 Å². The first-order valence-corrected chi connectivity index (χ1v) is 10.8. The largest absolute Gasteiger partial charge is 0.333 e. The normalized spacial score (nSPS) is 21.5. The third-order valence-electron chi connectivity index (χ3n) is 5.61. The molecule has 0 amide bonds. The van der Waals surface area contributed by atoms with Crippen LogP contribution in [-0.4, -0.2) is 47.1 Å². The fraction of sp³-hybridized carbons (Fsp3) is 0.818. The summed E-state index contributed by atoms with van der Waals surface area (Å²) in [6.07, 6.45) is 14.4. The lowest BCUT2D eigenvalue weighted by Crippen LogP contribution is -2.57. The first-order valence-electron chi connectivity index (χ1n) is 10.8. The van der Waals surface area contributed by atoms with Gasteiger partial charge in [-0.25, -0.2) is 9.97 Å². The van der Waals surface area contributed by atoms with Crippen molar-refractivity contribution < 1.29 is 0 Å². The number of aryl methyl sites for hydroxylation is 1. The van der Waals surface area contributed by atoms with Gasteiger partial charge < -0.3 is 9.80 Å². The highest BCUT2D eigenvalue weighted by Gasteiger charge is 2.31. The summed E-state index contributed by atoms with van der Waals surface area (Å²) in [5.41, 5.74) is 1.28. The summed E-state index contributed by atoms with van der Waals surface area (Å²) in [7, 11) is 2.21. The molecule has 1 aliphatic rings. The second-order valence-electron chi connectivity index (χ2n) is 8.63. The van der Waals surface area contributed by atoms with Gasteiger partial charge in [-0.15, -0.1) is 0 Å². The molecule has 4 nitrogen and oxygen atoms in total. The van der Waals surface area contributed by atoms with Crippen molar-refractivity contribution in [2.24, 2.45) is 5.92 Å². The van der Waals surface area contributed by atoms with E-state index in [4.69, 9.17) is 9.97 Å². The zero-order valence-corrected chi connectivity index (χ0v) is 17.7. The number of hydrogen-bond acceptors (Lipinski definition) is 4. The minimum Gasteiger partial charge on any atom is -0.333 e. The minimum atomic E-state index is 0.468. The predicted molar refractivity (Wildman–Crippen MR) is 112 cm³/mol. The van der Waals surface area contributed by atoms with Crippen molar-refractivity contribution in [3.63, 3.8) is 0 Å². The quantitative estimate of drug-likeness (QED) is 0.554. The maximum atomic E-state index is 4.72. The van der Waals surface area contributed by atoms with E-state index in [0.29, 0.717) is 12.1 Å². The standard InChI is InChI=1S/C22H40N4/c1-6-21-17-25(5)16-19(4)26(21)22-23-14-20(15-24-22)13-11-9-7-8-10-12-18(2)3/h14-15,18-19,21H,6-13,16-17H2,1-5H3. The Hall–Kier alpha value is -1.16. The van der Waals surface area contributed by atoms with E-state index in [0.717, 1.165) is 37.8 Å². The van der Waals surface area contributed by atoms with Crippen LogP contribution in [0.5, 0.6) is 0 Å². The molecule has 148 valence electrons. The molecule has 0 saturated carbocycles. The van der Waals surface area contributed by atoms with Crippen LogP contribution in [0, 0.1) is 5.92 Å². The molecule has 0 aliphatic carbocycles.